The van der Waals surface area contributed by atoms with Gasteiger partial charge in [-0.1, -0.05) is 144 Å². The van der Waals surface area contributed by atoms with E-state index in [-0.39, 0.29) is 153 Å². The number of nitrogens with zero attached hydrogens (tertiary/aromatic N) is 2. The van der Waals surface area contributed by atoms with Crippen LogP contribution in [0.1, 0.15) is 191 Å². The van der Waals surface area contributed by atoms with Crippen molar-refractivity contribution in [2.24, 2.45) is 58.4 Å². The van der Waals surface area contributed by atoms with Crippen molar-refractivity contribution in [1.29, 1.82) is 0 Å². The van der Waals surface area contributed by atoms with Gasteiger partial charge < -0.3 is 96.5 Å². The van der Waals surface area contributed by atoms with Crippen LogP contribution in [-0.2, 0) is 80.0 Å². The van der Waals surface area contributed by atoms with Gasteiger partial charge >= 0.3 is 0 Å². The average molecular weight is 1580 g/mol. The molecule has 113 heavy (non-hydrogen) atoms. The molecule has 0 unspecified atom stereocenters. The van der Waals surface area contributed by atoms with Gasteiger partial charge in [0, 0.05) is 25.9 Å². The van der Waals surface area contributed by atoms with Crippen LogP contribution < -0.4 is 86.7 Å². The molecule has 3 saturated heterocycles. The summed E-state index contributed by atoms with van der Waals surface area (Å²) in [6.07, 6.45) is 2.07. The van der Waals surface area contributed by atoms with E-state index in [1.165, 1.54) is 9.80 Å². The van der Waals surface area contributed by atoms with Crippen LogP contribution >= 0.6 is 0 Å². The van der Waals surface area contributed by atoms with Gasteiger partial charge in [0.15, 0.2) is 0 Å². The van der Waals surface area contributed by atoms with Crippen LogP contribution in [0.3, 0.4) is 0 Å². The highest BCUT2D eigenvalue weighted by atomic mass is 16.2. The van der Waals surface area contributed by atoms with Crippen molar-refractivity contribution in [3.8, 4) is 0 Å². The fourth-order valence-electron chi connectivity index (χ4n) is 14.4. The Bertz CT molecular complexity index is 3470. The largest absolute Gasteiger partial charge is 0.343 e. The Balaban J connectivity index is 1.61. The first-order valence-electron chi connectivity index (χ1n) is 40.8. The van der Waals surface area contributed by atoms with Gasteiger partial charge in [-0.05, 0) is 169 Å². The first-order valence-corrected chi connectivity index (χ1v) is 40.8. The third-order valence-corrected chi connectivity index (χ3v) is 20.6. The molecule has 2 aromatic rings. The van der Waals surface area contributed by atoms with Gasteiger partial charge in [0.05, 0.1) is 0 Å². The Hall–Kier alpha value is -9.14. The monoisotopic (exact) mass is 1580 g/mol. The molecule has 3 fully saturated rings. The van der Waals surface area contributed by atoms with E-state index in [1.807, 2.05) is 41.5 Å². The van der Waals surface area contributed by atoms with E-state index >= 15 is 9.59 Å². The van der Waals surface area contributed by atoms with Crippen LogP contribution in [0.25, 0.3) is 0 Å². The second-order valence-electron chi connectivity index (χ2n) is 32.6. The number of nitrogens with two attached hydrogens (primary N) is 4. The maximum Gasteiger partial charge on any atom is 0.246 e. The lowest BCUT2D eigenvalue weighted by Crippen LogP contribution is -2.62. The van der Waals surface area contributed by atoms with Gasteiger partial charge in [-0.3, -0.25) is 67.1 Å². The summed E-state index contributed by atoms with van der Waals surface area (Å²) < 4.78 is 0. The number of carbonyl (C=O) groups is 14. The van der Waals surface area contributed by atoms with Crippen molar-refractivity contribution in [1.82, 2.24) is 73.6 Å². The van der Waals surface area contributed by atoms with E-state index in [1.54, 1.807) is 102 Å². The quantitative estimate of drug-likeness (QED) is 0.0638. The van der Waals surface area contributed by atoms with Crippen molar-refractivity contribution in [3.63, 3.8) is 0 Å². The van der Waals surface area contributed by atoms with E-state index in [2.05, 4.69) is 63.8 Å². The molecule has 0 saturated carbocycles. The van der Waals surface area contributed by atoms with Crippen LogP contribution in [0.2, 0.25) is 0 Å². The summed E-state index contributed by atoms with van der Waals surface area (Å²) in [7, 11) is 0. The number of benzene rings is 2. The van der Waals surface area contributed by atoms with E-state index in [9.17, 15) is 57.5 Å². The molecule has 32 heteroatoms. The second-order valence-corrected chi connectivity index (χ2v) is 32.6. The van der Waals surface area contributed by atoms with E-state index in [0.29, 0.717) is 24.0 Å². The lowest BCUT2D eigenvalue weighted by molar-refractivity contribution is -0.143. The molecule has 3 heterocycles. The second kappa shape index (κ2) is 47.5. The standard InChI is InChI=1S/C81H132N18O14/c1-46(2)41-58-72(104)86-56(31-21-37-84)71(103)96-66(50(9)10)79(111)94-62(45-53-27-17-14-18-28-53)81(113)98-39-23-33-63(98)75(107)92-60(43-48(5)6)73(105)87-57(32-22-38-85)70(102)95-65(49(7)8)77(109)88-54(29-19-35-82)69(101)91-59(42-47(3)4)74(106)93-61(44-52-25-15-13-16-26-52)80(112)99-40-24-34-64(99)76(108)97-67(51(11)12)78(110)89-55(30-20-36-83)68(100)90-58/h13-18,25-28,46-51,54-67H,19-24,29-45,82-85H2,1-12H3,(H,86,104)(H,87,105)(H,88,109)(H,89,110)(H,90,100)(H,91,101)(H,92,107)(H,93,106)(H,94,111)(H,95,102)(H,96,103)(H,97,108)/t54-,55-,56-,57-,58-,59-,60-,61+,62+,63-,64-,65-,66-,67-/m0/s1. The lowest BCUT2D eigenvalue weighted by atomic mass is 9.98. The smallest absolute Gasteiger partial charge is 0.246 e. The third kappa shape index (κ3) is 30.0. The molecule has 5 rings (SSSR count). The molecule has 0 bridgehead atoms. The molecule has 2 aromatic carbocycles. The Labute approximate surface area is 666 Å². The van der Waals surface area contributed by atoms with Gasteiger partial charge in [0.25, 0.3) is 0 Å². The highest BCUT2D eigenvalue weighted by Crippen LogP contribution is 2.25. The lowest BCUT2D eigenvalue weighted by Gasteiger charge is -2.32. The molecule has 3 aliphatic heterocycles. The van der Waals surface area contributed by atoms with Gasteiger partial charge in [0.1, 0.15) is 84.6 Å². The number of carbonyl (C=O) groups excluding carboxylic acids is 14. The molecule has 20 N–H and O–H groups in total. The number of amides is 14. The summed E-state index contributed by atoms with van der Waals surface area (Å²) in [6, 6.07) is -0.262. The SMILES string of the molecule is CC(C)C[C@@H]1NC(=O)[C@H](CCCN)NC(=O)[C@H](C(C)C)NC(=O)[C@@H]2CCCN2C(=O)[C@@H](Cc2ccccc2)NC(=O)[C@H](CC(C)C)NC(=O)[C@H](CCCN)NC(=O)[C@H](C(C)C)NC(=O)[C@H](CCCN)NC(=O)[C@H](CC(C)C)NC(=O)[C@@H]2CCCN2C(=O)[C@@H](Cc2ccccc2)NC(=O)[C@H](C(C)C)NC(=O)[C@H](CCCN)NC1=O. The third-order valence-electron chi connectivity index (χ3n) is 20.6. The molecular weight excluding hydrogens is 1450 g/mol. The minimum atomic E-state index is -1.32. The minimum absolute atomic E-state index is 0.00293. The molecule has 3 aliphatic rings. The van der Waals surface area contributed by atoms with Gasteiger partial charge in [-0.2, -0.15) is 0 Å². The molecule has 32 nitrogen and oxygen atoms in total. The van der Waals surface area contributed by atoms with Gasteiger partial charge in [-0.25, -0.2) is 0 Å². The van der Waals surface area contributed by atoms with Crippen molar-refractivity contribution in [2.45, 2.75) is 277 Å². The summed E-state index contributed by atoms with van der Waals surface area (Å²) in [5, 5.41) is 33.9. The van der Waals surface area contributed by atoms with E-state index in [0.717, 1.165) is 0 Å². The summed E-state index contributed by atoms with van der Waals surface area (Å²) in [6.45, 7) is 21.7. The first-order chi connectivity index (χ1) is 53.6. The minimum Gasteiger partial charge on any atom is -0.343 e. The predicted molar refractivity (Wildman–Crippen MR) is 429 cm³/mol. The Kier molecular flexibility index (Phi) is 39.7. The molecular formula is C81H132N18O14. The Morgan fingerprint density at radius 3 is 0.814 bits per heavy atom. The van der Waals surface area contributed by atoms with Gasteiger partial charge in [0.2, 0.25) is 82.7 Å². The summed E-state index contributed by atoms with van der Waals surface area (Å²) in [5.41, 5.74) is 25.3. The molecule has 14 atom stereocenters. The number of hydrogen-bond acceptors (Lipinski definition) is 18. The molecule has 0 aromatic heterocycles. The maximum absolute atomic E-state index is 15.2. The zero-order valence-corrected chi connectivity index (χ0v) is 68.5. The van der Waals surface area contributed by atoms with Crippen LogP contribution in [0, 0.1) is 35.5 Å². The molecule has 630 valence electrons. The van der Waals surface area contributed by atoms with Crippen LogP contribution in [0.5, 0.6) is 0 Å². The Morgan fingerprint density at radius 2 is 0.531 bits per heavy atom. The number of nitrogens with one attached hydrogen (secondary N) is 12. The van der Waals surface area contributed by atoms with Crippen molar-refractivity contribution < 1.29 is 67.1 Å². The van der Waals surface area contributed by atoms with E-state index < -0.39 is 185 Å². The van der Waals surface area contributed by atoms with Crippen LogP contribution in [-0.4, -0.2) is 216 Å². The van der Waals surface area contributed by atoms with Crippen molar-refractivity contribution >= 4 is 82.7 Å². The van der Waals surface area contributed by atoms with Crippen molar-refractivity contribution in [2.75, 3.05) is 39.3 Å². The van der Waals surface area contributed by atoms with Crippen molar-refractivity contribution in [3.05, 3.63) is 71.8 Å². The molecule has 0 radical (unpaired) electrons. The normalized spacial score (nSPS) is 26.4. The summed E-state index contributed by atoms with van der Waals surface area (Å²) in [4.78, 5) is 210. The number of rotatable bonds is 25. The fraction of sp³-hybridized carbons (Fsp3) is 0.679. The maximum atomic E-state index is 15.2. The predicted octanol–water partition coefficient (Wildman–Crippen LogP) is 0.347. The number of fused-ring (bicyclic) bond motifs is 2. The summed E-state index contributed by atoms with van der Waals surface area (Å²) in [5.74, 6) is -12.8. The highest BCUT2D eigenvalue weighted by molar-refractivity contribution is 6.01. The zero-order chi connectivity index (χ0) is 83.8. The number of hydrogen-bond donors (Lipinski definition) is 16. The zero-order valence-electron chi connectivity index (χ0n) is 68.5. The average Bonchev–Trinajstić information content (AvgIpc) is 1.73. The molecule has 0 spiro atoms. The van der Waals surface area contributed by atoms with E-state index in [4.69, 9.17) is 22.9 Å². The highest BCUT2D eigenvalue weighted by Gasteiger charge is 2.44. The van der Waals surface area contributed by atoms with Crippen LogP contribution in [0.15, 0.2) is 60.7 Å². The summed E-state index contributed by atoms with van der Waals surface area (Å²) >= 11 is 0. The molecule has 0 aliphatic carbocycles. The first kappa shape index (κ1) is 94.5. The van der Waals surface area contributed by atoms with Gasteiger partial charge in [-0.15, -0.1) is 0 Å². The fourth-order valence-corrected chi connectivity index (χ4v) is 14.4. The Morgan fingerprint density at radius 1 is 0.301 bits per heavy atom. The topological polar surface area (TPSA) is 494 Å². The van der Waals surface area contributed by atoms with Crippen LogP contribution in [0.4, 0.5) is 0 Å². The molecule has 14 amide bonds.